The van der Waals surface area contributed by atoms with Crippen molar-refractivity contribution in [1.82, 2.24) is 0 Å². The van der Waals surface area contributed by atoms with Crippen molar-refractivity contribution in [3.05, 3.63) is 0 Å². The van der Waals surface area contributed by atoms with Gasteiger partial charge in [-0.2, -0.15) is 0 Å². The molecule has 2 N–H and O–H groups in total. The summed E-state index contributed by atoms with van der Waals surface area (Å²) in [5.74, 6) is 1.61. The average molecular weight is 212 g/mol. The minimum absolute atomic E-state index is 0.374. The van der Waals surface area contributed by atoms with Crippen molar-refractivity contribution in [2.24, 2.45) is 23.7 Å². The van der Waals surface area contributed by atoms with Crippen LogP contribution in [0, 0.1) is 23.7 Å². The molecular weight excluding hydrogens is 188 g/mol. The van der Waals surface area contributed by atoms with Gasteiger partial charge in [-0.05, 0) is 56.8 Å². The Kier molecular flexibility index (Phi) is 2.44. The summed E-state index contributed by atoms with van der Waals surface area (Å²) in [7, 11) is 0. The highest BCUT2D eigenvalue weighted by atomic mass is 16.3. The van der Waals surface area contributed by atoms with Crippen molar-refractivity contribution in [3.8, 4) is 0 Å². The molecule has 0 aromatic heterocycles. The molecule has 15 heavy (non-hydrogen) atoms. The van der Waals surface area contributed by atoms with Crippen LogP contribution < -0.4 is 0 Å². The zero-order valence-electron chi connectivity index (χ0n) is 10.3. The molecule has 0 aromatic rings. The molecule has 2 saturated carbocycles. The van der Waals surface area contributed by atoms with Gasteiger partial charge in [-0.1, -0.05) is 13.8 Å². The Morgan fingerprint density at radius 2 is 1.20 bits per heavy atom. The highest BCUT2D eigenvalue weighted by molar-refractivity contribution is 5.04. The molecule has 0 radical (unpaired) electrons. The molecule has 0 aliphatic heterocycles. The SMILES string of the molecule is C[C@@H]1C[C@](C)(O)[C@H]2C[C@@H]1[C@@](C)(O)C[C@@H]2C. The van der Waals surface area contributed by atoms with Crippen LogP contribution >= 0.6 is 0 Å². The molecule has 2 bridgehead atoms. The highest BCUT2D eigenvalue weighted by Crippen LogP contribution is 2.53. The summed E-state index contributed by atoms with van der Waals surface area (Å²) in [4.78, 5) is 0. The molecule has 2 nitrogen and oxygen atoms in total. The average Bonchev–Trinajstić information content (AvgIpc) is 1.98. The number of fused-ring (bicyclic) bond motifs is 2. The van der Waals surface area contributed by atoms with E-state index in [4.69, 9.17) is 0 Å². The standard InChI is InChI=1S/C13H24O2/c1-8-6-12(3,14)11-5-10(8)13(4,15)7-9(11)2/h8-11,14-15H,5-7H2,1-4H3/t8-,9+,10-,11-,12-,13-/m0/s1. The first-order valence-electron chi connectivity index (χ1n) is 6.19. The Labute approximate surface area is 92.7 Å². The van der Waals surface area contributed by atoms with E-state index < -0.39 is 11.2 Å². The number of hydrogen-bond donors (Lipinski definition) is 2. The van der Waals surface area contributed by atoms with Crippen molar-refractivity contribution in [2.45, 2.75) is 58.2 Å². The number of hydrogen-bond acceptors (Lipinski definition) is 2. The van der Waals surface area contributed by atoms with Crippen LogP contribution in [0.4, 0.5) is 0 Å². The molecule has 0 spiro atoms. The Bertz CT molecular complexity index is 231. The van der Waals surface area contributed by atoms with Gasteiger partial charge in [0.1, 0.15) is 0 Å². The summed E-state index contributed by atoms with van der Waals surface area (Å²) < 4.78 is 0. The van der Waals surface area contributed by atoms with E-state index in [1.165, 1.54) is 0 Å². The first-order valence-corrected chi connectivity index (χ1v) is 6.19. The predicted octanol–water partition coefficient (Wildman–Crippen LogP) is 2.19. The second-order valence-corrected chi connectivity index (χ2v) is 6.53. The topological polar surface area (TPSA) is 40.5 Å². The molecule has 0 saturated heterocycles. The number of aliphatic hydroxyl groups is 2. The van der Waals surface area contributed by atoms with Gasteiger partial charge in [0, 0.05) is 0 Å². The van der Waals surface area contributed by atoms with Gasteiger partial charge in [-0.15, -0.1) is 0 Å². The van der Waals surface area contributed by atoms with Crippen LogP contribution in [0.3, 0.4) is 0 Å². The lowest BCUT2D eigenvalue weighted by Crippen LogP contribution is -2.57. The summed E-state index contributed by atoms with van der Waals surface area (Å²) in [6.07, 6.45) is 2.66. The molecule has 88 valence electrons. The molecule has 0 aromatic carbocycles. The number of rotatable bonds is 0. The van der Waals surface area contributed by atoms with Gasteiger partial charge in [0.2, 0.25) is 0 Å². The van der Waals surface area contributed by atoms with E-state index in [0.29, 0.717) is 23.7 Å². The quantitative estimate of drug-likeness (QED) is 0.646. The minimum Gasteiger partial charge on any atom is -0.390 e. The molecular formula is C13H24O2. The molecule has 0 heterocycles. The fourth-order valence-electron chi connectivity index (χ4n) is 4.36. The van der Waals surface area contributed by atoms with E-state index in [1.54, 1.807) is 0 Å². The Morgan fingerprint density at radius 1 is 0.867 bits per heavy atom. The maximum atomic E-state index is 10.4. The van der Waals surface area contributed by atoms with Crippen molar-refractivity contribution in [3.63, 3.8) is 0 Å². The van der Waals surface area contributed by atoms with Crippen molar-refractivity contribution in [1.29, 1.82) is 0 Å². The van der Waals surface area contributed by atoms with Gasteiger partial charge in [0.25, 0.3) is 0 Å². The van der Waals surface area contributed by atoms with Gasteiger partial charge in [-0.3, -0.25) is 0 Å². The monoisotopic (exact) mass is 212 g/mol. The first-order chi connectivity index (χ1) is 6.74. The van der Waals surface area contributed by atoms with Crippen LogP contribution in [0.2, 0.25) is 0 Å². The predicted molar refractivity (Wildman–Crippen MR) is 60.4 cm³/mol. The smallest absolute Gasteiger partial charge is 0.0653 e. The highest BCUT2D eigenvalue weighted by Gasteiger charge is 2.53. The summed E-state index contributed by atoms with van der Waals surface area (Å²) in [6, 6.07) is 0. The van der Waals surface area contributed by atoms with Gasteiger partial charge in [-0.25, -0.2) is 0 Å². The van der Waals surface area contributed by atoms with E-state index in [-0.39, 0.29) is 0 Å². The fourth-order valence-corrected chi connectivity index (χ4v) is 4.36. The molecule has 2 rings (SSSR count). The third kappa shape index (κ3) is 1.72. The van der Waals surface area contributed by atoms with Crippen LogP contribution in [-0.2, 0) is 0 Å². The third-order valence-corrected chi connectivity index (χ3v) is 4.95. The van der Waals surface area contributed by atoms with Gasteiger partial charge >= 0.3 is 0 Å². The molecule has 6 atom stereocenters. The normalized spacial score (nSPS) is 60.4. The van der Waals surface area contributed by atoms with Crippen molar-refractivity contribution < 1.29 is 10.2 Å². The lowest BCUT2D eigenvalue weighted by Gasteiger charge is -2.56. The summed E-state index contributed by atoms with van der Waals surface area (Å²) in [6.45, 7) is 8.28. The van der Waals surface area contributed by atoms with E-state index in [2.05, 4.69) is 13.8 Å². The van der Waals surface area contributed by atoms with E-state index in [9.17, 15) is 10.2 Å². The third-order valence-electron chi connectivity index (χ3n) is 4.95. The van der Waals surface area contributed by atoms with Crippen LogP contribution in [0.1, 0.15) is 47.0 Å². The zero-order valence-corrected chi connectivity index (χ0v) is 10.3. The lowest BCUT2D eigenvalue weighted by molar-refractivity contribution is -0.174. The summed E-state index contributed by atoms with van der Waals surface area (Å²) >= 11 is 0. The Morgan fingerprint density at radius 3 is 1.53 bits per heavy atom. The molecule has 2 heteroatoms. The van der Waals surface area contributed by atoms with Crippen LogP contribution in [0.15, 0.2) is 0 Å². The summed E-state index contributed by atoms with van der Waals surface area (Å²) in [5, 5.41) is 20.8. The van der Waals surface area contributed by atoms with Crippen LogP contribution in [-0.4, -0.2) is 21.4 Å². The van der Waals surface area contributed by atoms with Gasteiger partial charge < -0.3 is 10.2 Å². The maximum Gasteiger partial charge on any atom is 0.0653 e. The Hall–Kier alpha value is -0.0800. The zero-order chi connectivity index (χ0) is 11.4. The lowest BCUT2D eigenvalue weighted by atomic mass is 9.53. The molecule has 0 amide bonds. The molecule has 2 aliphatic carbocycles. The van der Waals surface area contributed by atoms with E-state index >= 15 is 0 Å². The van der Waals surface area contributed by atoms with Crippen molar-refractivity contribution in [2.75, 3.05) is 0 Å². The maximum absolute atomic E-state index is 10.4. The Balaban J connectivity index is 2.28. The van der Waals surface area contributed by atoms with E-state index in [1.807, 2.05) is 13.8 Å². The van der Waals surface area contributed by atoms with Crippen molar-refractivity contribution >= 4 is 0 Å². The van der Waals surface area contributed by atoms with Crippen LogP contribution in [0.25, 0.3) is 0 Å². The second-order valence-electron chi connectivity index (χ2n) is 6.53. The molecule has 0 unspecified atom stereocenters. The second kappa shape index (κ2) is 3.21. The molecule has 2 aliphatic rings. The van der Waals surface area contributed by atoms with Gasteiger partial charge in [0.05, 0.1) is 11.2 Å². The summed E-state index contributed by atoms with van der Waals surface area (Å²) in [5.41, 5.74) is -1.04. The van der Waals surface area contributed by atoms with Crippen LogP contribution in [0.5, 0.6) is 0 Å². The minimum atomic E-state index is -0.522. The largest absolute Gasteiger partial charge is 0.390 e. The molecule has 2 fully saturated rings. The first kappa shape index (κ1) is 11.4. The van der Waals surface area contributed by atoms with E-state index in [0.717, 1.165) is 19.3 Å². The fraction of sp³-hybridized carbons (Fsp3) is 1.00. The van der Waals surface area contributed by atoms with Gasteiger partial charge in [0.15, 0.2) is 0 Å².